The van der Waals surface area contributed by atoms with Gasteiger partial charge in [0.2, 0.25) is 0 Å². The Morgan fingerprint density at radius 1 is 1.03 bits per heavy atom. The van der Waals surface area contributed by atoms with Crippen LogP contribution in [-0.4, -0.2) is 26.5 Å². The van der Waals surface area contributed by atoms with Gasteiger partial charge in [-0.2, -0.15) is 0 Å². The number of nitrogens with zero attached hydrogens (tertiary/aromatic N) is 3. The third-order valence-electron chi connectivity index (χ3n) is 5.12. The SMILES string of the molecule is CCn1c(SCC(=O)OC2c3ccccc3-c3ccccc32)nnc1-c1ccco1. The van der Waals surface area contributed by atoms with Crippen LogP contribution in [0.25, 0.3) is 22.7 Å². The number of furan rings is 1. The highest BCUT2D eigenvalue weighted by molar-refractivity contribution is 7.99. The van der Waals surface area contributed by atoms with Gasteiger partial charge in [0.1, 0.15) is 0 Å². The van der Waals surface area contributed by atoms with Gasteiger partial charge in [-0.25, -0.2) is 0 Å². The molecule has 0 spiro atoms. The number of carbonyl (C=O) groups excluding carboxylic acids is 1. The van der Waals surface area contributed by atoms with Crippen molar-refractivity contribution in [2.24, 2.45) is 0 Å². The van der Waals surface area contributed by atoms with Gasteiger partial charge in [-0.15, -0.1) is 10.2 Å². The molecule has 0 saturated carbocycles. The quantitative estimate of drug-likeness (QED) is 0.326. The van der Waals surface area contributed by atoms with Crippen LogP contribution in [0.15, 0.2) is 76.5 Å². The molecule has 0 unspecified atom stereocenters. The number of hydrogen-bond donors (Lipinski definition) is 0. The lowest BCUT2D eigenvalue weighted by Gasteiger charge is -2.15. The van der Waals surface area contributed by atoms with Crippen molar-refractivity contribution in [1.29, 1.82) is 0 Å². The summed E-state index contributed by atoms with van der Waals surface area (Å²) in [4.78, 5) is 12.7. The molecule has 0 radical (unpaired) electrons. The Kier molecular flexibility index (Phi) is 4.88. The first-order valence-corrected chi connectivity index (χ1v) is 10.7. The summed E-state index contributed by atoms with van der Waals surface area (Å²) in [6, 6.07) is 19.8. The Hall–Kier alpha value is -3.32. The summed E-state index contributed by atoms with van der Waals surface area (Å²) in [5.74, 6) is 1.16. The molecule has 0 amide bonds. The van der Waals surface area contributed by atoms with E-state index in [1.165, 1.54) is 11.8 Å². The zero-order chi connectivity index (χ0) is 20.5. The van der Waals surface area contributed by atoms with E-state index in [1.807, 2.05) is 60.0 Å². The molecule has 150 valence electrons. The standard InChI is InChI=1S/C23H19N3O3S/c1-2-26-22(19-12-7-13-28-19)24-25-23(26)30-14-20(27)29-21-17-10-5-3-8-15(17)16-9-4-6-11-18(16)21/h3-13,21H,2,14H2,1H3. The highest BCUT2D eigenvalue weighted by Gasteiger charge is 2.31. The number of fused-ring (bicyclic) bond motifs is 3. The van der Waals surface area contributed by atoms with E-state index in [2.05, 4.69) is 22.3 Å². The molecule has 7 heteroatoms. The second kappa shape index (κ2) is 7.84. The van der Waals surface area contributed by atoms with E-state index in [9.17, 15) is 4.79 Å². The molecule has 4 aromatic rings. The summed E-state index contributed by atoms with van der Waals surface area (Å²) < 4.78 is 13.3. The van der Waals surface area contributed by atoms with Crippen LogP contribution in [0.5, 0.6) is 0 Å². The van der Waals surface area contributed by atoms with Crippen molar-refractivity contribution in [2.75, 3.05) is 5.75 Å². The number of thioether (sulfide) groups is 1. The molecule has 0 atom stereocenters. The molecule has 30 heavy (non-hydrogen) atoms. The van der Waals surface area contributed by atoms with Crippen LogP contribution in [0.4, 0.5) is 0 Å². The fraction of sp³-hybridized carbons (Fsp3) is 0.174. The largest absolute Gasteiger partial charge is 0.461 e. The molecule has 6 nitrogen and oxygen atoms in total. The van der Waals surface area contributed by atoms with Crippen molar-refractivity contribution in [3.63, 3.8) is 0 Å². The molecular weight excluding hydrogens is 398 g/mol. The summed E-state index contributed by atoms with van der Waals surface area (Å²) in [6.45, 7) is 2.67. The van der Waals surface area contributed by atoms with Gasteiger partial charge in [-0.1, -0.05) is 60.3 Å². The van der Waals surface area contributed by atoms with Crippen LogP contribution >= 0.6 is 11.8 Å². The van der Waals surface area contributed by atoms with E-state index < -0.39 is 0 Å². The maximum atomic E-state index is 12.7. The van der Waals surface area contributed by atoms with E-state index >= 15 is 0 Å². The normalized spacial score (nSPS) is 12.6. The molecule has 0 saturated heterocycles. The predicted octanol–water partition coefficient (Wildman–Crippen LogP) is 4.96. The van der Waals surface area contributed by atoms with Crippen LogP contribution in [-0.2, 0) is 16.1 Å². The number of ether oxygens (including phenoxy) is 1. The molecule has 0 N–H and O–H groups in total. The lowest BCUT2D eigenvalue weighted by Crippen LogP contribution is -2.13. The van der Waals surface area contributed by atoms with Crippen molar-refractivity contribution in [3.05, 3.63) is 78.1 Å². The summed E-state index contributed by atoms with van der Waals surface area (Å²) in [5, 5.41) is 9.10. The van der Waals surface area contributed by atoms with Crippen molar-refractivity contribution < 1.29 is 13.9 Å². The first-order valence-electron chi connectivity index (χ1n) is 9.74. The predicted molar refractivity (Wildman–Crippen MR) is 114 cm³/mol. The molecule has 2 aromatic heterocycles. The number of hydrogen-bond acceptors (Lipinski definition) is 6. The Balaban J connectivity index is 1.32. The lowest BCUT2D eigenvalue weighted by molar-refractivity contribution is -0.144. The molecule has 2 aromatic carbocycles. The van der Waals surface area contributed by atoms with Gasteiger partial charge in [-0.3, -0.25) is 9.36 Å². The molecule has 1 aliphatic carbocycles. The second-order valence-electron chi connectivity index (χ2n) is 6.86. The number of carbonyl (C=O) groups is 1. The Bertz CT molecular complexity index is 1150. The van der Waals surface area contributed by atoms with Crippen molar-refractivity contribution in [3.8, 4) is 22.7 Å². The average Bonchev–Trinajstić information content (AvgIpc) is 3.51. The molecule has 0 fully saturated rings. The minimum Gasteiger partial charge on any atom is -0.461 e. The molecule has 5 rings (SSSR count). The lowest BCUT2D eigenvalue weighted by atomic mass is 10.1. The maximum absolute atomic E-state index is 12.7. The number of benzene rings is 2. The van der Waals surface area contributed by atoms with Gasteiger partial charge in [0, 0.05) is 17.7 Å². The first-order chi connectivity index (χ1) is 14.8. The second-order valence-corrected chi connectivity index (χ2v) is 7.80. The van der Waals surface area contributed by atoms with E-state index in [4.69, 9.17) is 9.15 Å². The van der Waals surface area contributed by atoms with Crippen LogP contribution in [0, 0.1) is 0 Å². The highest BCUT2D eigenvalue weighted by Crippen LogP contribution is 2.45. The van der Waals surface area contributed by atoms with Crippen LogP contribution in [0.1, 0.15) is 24.2 Å². The zero-order valence-electron chi connectivity index (χ0n) is 16.3. The number of esters is 1. The molecular formula is C23H19N3O3S. The molecule has 0 bridgehead atoms. The van der Waals surface area contributed by atoms with E-state index in [-0.39, 0.29) is 17.8 Å². The van der Waals surface area contributed by atoms with Crippen LogP contribution in [0.2, 0.25) is 0 Å². The smallest absolute Gasteiger partial charge is 0.317 e. The third kappa shape index (κ3) is 3.21. The highest BCUT2D eigenvalue weighted by atomic mass is 32.2. The van der Waals surface area contributed by atoms with Gasteiger partial charge in [0.25, 0.3) is 0 Å². The minimum absolute atomic E-state index is 0.150. The van der Waals surface area contributed by atoms with E-state index in [1.54, 1.807) is 6.26 Å². The fourth-order valence-corrected chi connectivity index (χ4v) is 4.58. The van der Waals surface area contributed by atoms with Crippen molar-refractivity contribution in [1.82, 2.24) is 14.8 Å². The van der Waals surface area contributed by atoms with E-state index in [0.29, 0.717) is 23.3 Å². The van der Waals surface area contributed by atoms with Crippen molar-refractivity contribution in [2.45, 2.75) is 24.7 Å². The number of rotatable bonds is 6. The minimum atomic E-state index is -0.381. The van der Waals surface area contributed by atoms with Gasteiger partial charge in [0.05, 0.1) is 12.0 Å². The van der Waals surface area contributed by atoms with Gasteiger partial charge >= 0.3 is 5.97 Å². The maximum Gasteiger partial charge on any atom is 0.317 e. The summed E-state index contributed by atoms with van der Waals surface area (Å²) in [5.41, 5.74) is 4.28. The molecule has 0 aliphatic heterocycles. The van der Waals surface area contributed by atoms with Gasteiger partial charge in [0.15, 0.2) is 22.8 Å². The monoisotopic (exact) mass is 417 g/mol. The Labute approximate surface area is 177 Å². The van der Waals surface area contributed by atoms with E-state index in [0.717, 1.165) is 22.3 Å². The topological polar surface area (TPSA) is 70.2 Å². The number of aromatic nitrogens is 3. The summed E-state index contributed by atoms with van der Waals surface area (Å²) in [6.07, 6.45) is 1.22. The molecule has 2 heterocycles. The van der Waals surface area contributed by atoms with Crippen LogP contribution < -0.4 is 0 Å². The Morgan fingerprint density at radius 2 is 1.73 bits per heavy atom. The average molecular weight is 417 g/mol. The Morgan fingerprint density at radius 3 is 2.37 bits per heavy atom. The van der Waals surface area contributed by atoms with Crippen molar-refractivity contribution >= 4 is 17.7 Å². The zero-order valence-corrected chi connectivity index (χ0v) is 17.1. The summed E-state index contributed by atoms with van der Waals surface area (Å²) >= 11 is 1.32. The van der Waals surface area contributed by atoms with Crippen LogP contribution in [0.3, 0.4) is 0 Å². The van der Waals surface area contributed by atoms with Gasteiger partial charge < -0.3 is 9.15 Å². The fourth-order valence-electron chi connectivity index (χ4n) is 3.79. The third-order valence-corrected chi connectivity index (χ3v) is 6.06. The molecule has 1 aliphatic rings. The first kappa shape index (κ1) is 18.7. The van der Waals surface area contributed by atoms with Gasteiger partial charge in [-0.05, 0) is 30.2 Å². The summed E-state index contributed by atoms with van der Waals surface area (Å²) in [7, 11) is 0.